The number of piperidine rings is 1. The van der Waals surface area contributed by atoms with Gasteiger partial charge in [-0.3, -0.25) is 14.5 Å². The molecule has 2 fully saturated rings. The van der Waals surface area contributed by atoms with Crippen molar-refractivity contribution in [3.63, 3.8) is 0 Å². The van der Waals surface area contributed by atoms with Gasteiger partial charge in [0, 0.05) is 82.0 Å². The first-order chi connectivity index (χ1) is 20.8. The number of allylic oxidation sites excluding steroid dienone is 1. The van der Waals surface area contributed by atoms with Crippen molar-refractivity contribution in [2.24, 2.45) is 7.05 Å². The lowest BCUT2D eigenvalue weighted by atomic mass is 9.89. The first kappa shape index (κ1) is 29.0. The van der Waals surface area contributed by atoms with Crippen molar-refractivity contribution in [2.75, 3.05) is 58.4 Å². The molecule has 1 atom stereocenters. The second-order valence-electron chi connectivity index (χ2n) is 11.9. The summed E-state index contributed by atoms with van der Waals surface area (Å²) in [5.41, 5.74) is 5.04. The van der Waals surface area contributed by atoms with Crippen molar-refractivity contribution < 1.29 is 14.3 Å². The Morgan fingerprint density at radius 1 is 1.00 bits per heavy atom. The van der Waals surface area contributed by atoms with Crippen LogP contribution in [0, 0.1) is 0 Å². The Kier molecular flexibility index (Phi) is 8.25. The Morgan fingerprint density at radius 3 is 2.51 bits per heavy atom. The molecular formula is C34H41N5O4. The Bertz CT molecular complexity index is 1570. The van der Waals surface area contributed by atoms with Crippen LogP contribution in [0.2, 0.25) is 0 Å². The number of piperazine rings is 1. The van der Waals surface area contributed by atoms with Crippen LogP contribution in [0.5, 0.6) is 11.5 Å². The molecule has 6 rings (SSSR count). The molecule has 0 saturated carbocycles. The Hall–Kier alpha value is -4.11. The van der Waals surface area contributed by atoms with Gasteiger partial charge in [-0.25, -0.2) is 4.98 Å². The van der Waals surface area contributed by atoms with E-state index in [1.165, 1.54) is 5.56 Å². The van der Waals surface area contributed by atoms with E-state index in [0.717, 1.165) is 85.1 Å². The minimum absolute atomic E-state index is 0.0481. The van der Waals surface area contributed by atoms with E-state index in [-0.39, 0.29) is 17.5 Å². The third kappa shape index (κ3) is 5.78. The van der Waals surface area contributed by atoms with Crippen LogP contribution in [0.3, 0.4) is 0 Å². The van der Waals surface area contributed by atoms with Crippen LogP contribution in [-0.4, -0.2) is 84.8 Å². The molecule has 0 N–H and O–H groups in total. The maximum atomic E-state index is 12.6. The first-order valence-electron chi connectivity index (χ1n) is 15.2. The lowest BCUT2D eigenvalue weighted by Crippen LogP contribution is -2.55. The molecule has 1 amide bonds. The second kappa shape index (κ2) is 12.2. The lowest BCUT2D eigenvalue weighted by Gasteiger charge is -2.37. The van der Waals surface area contributed by atoms with Gasteiger partial charge in [0.15, 0.2) is 0 Å². The van der Waals surface area contributed by atoms with E-state index in [0.29, 0.717) is 18.9 Å². The minimum atomic E-state index is -0.0942. The molecule has 4 heterocycles. The number of fused-ring (bicyclic) bond motifs is 1. The molecule has 3 aliphatic rings. The van der Waals surface area contributed by atoms with Gasteiger partial charge in [0.05, 0.1) is 13.2 Å². The van der Waals surface area contributed by atoms with Crippen molar-refractivity contribution in [3.05, 3.63) is 75.8 Å². The number of carbonyl (C=O) groups is 1. The molecule has 2 aliphatic heterocycles. The molecule has 9 heteroatoms. The molecule has 0 radical (unpaired) electrons. The molecule has 226 valence electrons. The normalized spacial score (nSPS) is 19.2. The minimum Gasteiger partial charge on any atom is -0.496 e. The number of benzene rings is 1. The van der Waals surface area contributed by atoms with E-state index < -0.39 is 0 Å². The SMILES string of the molecule is COc1cc(N2CCC(c3ccc(OCCN4CCN(C)C(=O)[C@H]4C)cc3)CC2)ncc1-c1cn(C)c(=O)c2c1C=CC2. The number of anilines is 1. The zero-order valence-electron chi connectivity index (χ0n) is 25.6. The molecule has 43 heavy (non-hydrogen) atoms. The van der Waals surface area contributed by atoms with Gasteiger partial charge >= 0.3 is 0 Å². The van der Waals surface area contributed by atoms with Gasteiger partial charge in [0.25, 0.3) is 5.56 Å². The van der Waals surface area contributed by atoms with E-state index >= 15 is 0 Å². The van der Waals surface area contributed by atoms with Crippen LogP contribution in [0.4, 0.5) is 5.82 Å². The number of rotatable bonds is 8. The molecule has 9 nitrogen and oxygen atoms in total. The number of carbonyl (C=O) groups excluding carboxylic acids is 1. The van der Waals surface area contributed by atoms with Gasteiger partial charge in [-0.2, -0.15) is 0 Å². The Morgan fingerprint density at radius 2 is 1.77 bits per heavy atom. The highest BCUT2D eigenvalue weighted by molar-refractivity contribution is 5.82. The number of ether oxygens (including phenoxy) is 2. The third-order valence-electron chi connectivity index (χ3n) is 9.31. The van der Waals surface area contributed by atoms with Gasteiger partial charge in [-0.15, -0.1) is 0 Å². The number of nitrogens with zero attached hydrogens (tertiary/aromatic N) is 5. The smallest absolute Gasteiger partial charge is 0.254 e. The van der Waals surface area contributed by atoms with Crippen molar-refractivity contribution in [1.29, 1.82) is 0 Å². The van der Waals surface area contributed by atoms with Crippen molar-refractivity contribution in [3.8, 4) is 22.6 Å². The fraction of sp³-hybridized carbons (Fsp3) is 0.441. The molecule has 3 aromatic rings. The molecule has 0 unspecified atom stereocenters. The molecule has 1 aliphatic carbocycles. The zero-order chi connectivity index (χ0) is 30.1. The van der Waals surface area contributed by atoms with Gasteiger partial charge in [0.2, 0.25) is 5.91 Å². The van der Waals surface area contributed by atoms with E-state index in [1.807, 2.05) is 44.6 Å². The maximum Gasteiger partial charge on any atom is 0.254 e. The molecule has 0 bridgehead atoms. The summed E-state index contributed by atoms with van der Waals surface area (Å²) in [5.74, 6) is 3.21. The predicted octanol–water partition coefficient (Wildman–Crippen LogP) is 3.95. The number of likely N-dealkylation sites (N-methyl/N-ethyl adjacent to an activating group) is 1. The summed E-state index contributed by atoms with van der Waals surface area (Å²) in [4.78, 5) is 36.0. The highest BCUT2D eigenvalue weighted by Gasteiger charge is 2.29. The number of hydrogen-bond donors (Lipinski definition) is 0. The fourth-order valence-electron chi connectivity index (χ4n) is 6.60. The number of amides is 1. The van der Waals surface area contributed by atoms with Crippen molar-refractivity contribution in [1.82, 2.24) is 19.4 Å². The highest BCUT2D eigenvalue weighted by atomic mass is 16.5. The summed E-state index contributed by atoms with van der Waals surface area (Å²) in [6.07, 6.45) is 10.6. The van der Waals surface area contributed by atoms with Crippen molar-refractivity contribution >= 4 is 17.8 Å². The summed E-state index contributed by atoms with van der Waals surface area (Å²) in [5, 5.41) is 0. The predicted molar refractivity (Wildman–Crippen MR) is 169 cm³/mol. The summed E-state index contributed by atoms with van der Waals surface area (Å²) in [6.45, 7) is 6.75. The number of methoxy groups -OCH3 is 1. The zero-order valence-corrected chi connectivity index (χ0v) is 25.6. The van der Waals surface area contributed by atoms with Gasteiger partial charge in [-0.05, 0) is 55.4 Å². The molecule has 1 aromatic carbocycles. The monoisotopic (exact) mass is 583 g/mol. The number of aryl methyl sites for hydroxylation is 1. The molecule has 0 spiro atoms. The summed E-state index contributed by atoms with van der Waals surface area (Å²) >= 11 is 0. The van der Waals surface area contributed by atoms with Gasteiger partial charge in [-0.1, -0.05) is 24.3 Å². The molecular weight excluding hydrogens is 542 g/mol. The van der Waals surface area contributed by atoms with Crippen LogP contribution in [0.15, 0.2) is 53.6 Å². The molecule has 2 aromatic heterocycles. The Labute approximate surface area is 253 Å². The van der Waals surface area contributed by atoms with Crippen LogP contribution in [-0.2, 0) is 18.3 Å². The first-order valence-corrected chi connectivity index (χ1v) is 15.2. The average molecular weight is 584 g/mol. The summed E-state index contributed by atoms with van der Waals surface area (Å²) in [7, 11) is 5.35. The summed E-state index contributed by atoms with van der Waals surface area (Å²) < 4.78 is 13.5. The topological polar surface area (TPSA) is 80.1 Å². The third-order valence-corrected chi connectivity index (χ3v) is 9.31. The standard InChI is InChI=1S/C34H41N5O4/c1-23-33(40)36(2)16-17-38(23)18-19-43-26-10-8-24(9-11-26)25-12-14-39(15-13-25)32-20-31(42-4)29(21-35-32)30-22-37(3)34(41)28-7-5-6-27(28)30/h5-6,8-11,20-23,25H,7,12-19H2,1-4H3/t23-/m1/s1. The fourth-order valence-corrected chi connectivity index (χ4v) is 6.60. The van der Waals surface area contributed by atoms with Crippen LogP contribution in [0.25, 0.3) is 17.2 Å². The van der Waals surface area contributed by atoms with Crippen LogP contribution in [0.1, 0.15) is 42.4 Å². The lowest BCUT2D eigenvalue weighted by molar-refractivity contribution is -0.139. The largest absolute Gasteiger partial charge is 0.496 e. The second-order valence-corrected chi connectivity index (χ2v) is 11.9. The highest BCUT2D eigenvalue weighted by Crippen LogP contribution is 2.38. The maximum absolute atomic E-state index is 12.6. The Balaban J connectivity index is 1.05. The molecule has 2 saturated heterocycles. The van der Waals surface area contributed by atoms with Crippen LogP contribution >= 0.6 is 0 Å². The quantitative estimate of drug-likeness (QED) is 0.397. The van der Waals surface area contributed by atoms with E-state index in [1.54, 1.807) is 23.6 Å². The number of hydrogen-bond acceptors (Lipinski definition) is 7. The van der Waals surface area contributed by atoms with Crippen molar-refractivity contribution in [2.45, 2.75) is 38.1 Å². The average Bonchev–Trinajstić information content (AvgIpc) is 3.53. The van der Waals surface area contributed by atoms with Gasteiger partial charge in [0.1, 0.15) is 23.9 Å². The van der Waals surface area contributed by atoms with Gasteiger partial charge < -0.3 is 23.8 Å². The number of pyridine rings is 2. The number of aromatic nitrogens is 2. The summed E-state index contributed by atoms with van der Waals surface area (Å²) in [6, 6.07) is 10.4. The van der Waals surface area contributed by atoms with Crippen LogP contribution < -0.4 is 19.9 Å². The van der Waals surface area contributed by atoms with E-state index in [9.17, 15) is 9.59 Å². The van der Waals surface area contributed by atoms with E-state index in [2.05, 4.69) is 34.1 Å². The van der Waals surface area contributed by atoms with E-state index in [4.69, 9.17) is 14.5 Å².